The Morgan fingerprint density at radius 1 is 1.05 bits per heavy atom. The van der Waals surface area contributed by atoms with Crippen LogP contribution in [0.3, 0.4) is 0 Å². The van der Waals surface area contributed by atoms with Crippen LogP contribution in [-0.2, 0) is 23.8 Å². The van der Waals surface area contributed by atoms with Crippen molar-refractivity contribution in [3.63, 3.8) is 0 Å². The number of rotatable bonds is 8. The number of esters is 2. The second-order valence-corrected chi connectivity index (χ2v) is 3.88. The van der Waals surface area contributed by atoms with Gasteiger partial charge in [0.05, 0.1) is 6.61 Å². The van der Waals surface area contributed by atoms with E-state index in [1.54, 1.807) is 0 Å². The Hall–Kier alpha value is -1.70. The van der Waals surface area contributed by atoms with Crippen LogP contribution in [0.4, 0.5) is 0 Å². The molecule has 0 aromatic carbocycles. The van der Waals surface area contributed by atoms with Gasteiger partial charge in [-0.25, -0.2) is 9.59 Å². The van der Waals surface area contributed by atoms with Gasteiger partial charge in [0.25, 0.3) is 0 Å². The van der Waals surface area contributed by atoms with E-state index in [2.05, 4.69) is 22.6 Å². The highest BCUT2D eigenvalue weighted by Crippen LogP contribution is 2.06. The molecule has 0 bridgehead atoms. The highest BCUT2D eigenvalue weighted by atomic mass is 16.8. The first-order chi connectivity index (χ1) is 8.65. The molecule has 0 unspecified atom stereocenters. The van der Waals surface area contributed by atoms with Gasteiger partial charge < -0.3 is 24.4 Å². The van der Waals surface area contributed by atoms with Crippen molar-refractivity contribution in [2.45, 2.75) is 19.8 Å². The third kappa shape index (κ3) is 8.09. The summed E-state index contributed by atoms with van der Waals surface area (Å²) in [6.07, 6.45) is 0. The van der Waals surface area contributed by atoms with Crippen LogP contribution in [0, 0.1) is 0 Å². The van der Waals surface area contributed by atoms with Crippen LogP contribution in [0.5, 0.6) is 0 Å². The minimum atomic E-state index is -2.76. The van der Waals surface area contributed by atoms with Gasteiger partial charge in [-0.15, -0.1) is 0 Å². The van der Waals surface area contributed by atoms with E-state index in [0.717, 1.165) is 0 Å². The predicted octanol–water partition coefficient (Wildman–Crippen LogP) is -0.120. The van der Waals surface area contributed by atoms with Crippen molar-refractivity contribution in [3.05, 3.63) is 24.3 Å². The van der Waals surface area contributed by atoms with Crippen molar-refractivity contribution >= 4 is 11.9 Å². The molecule has 0 saturated heterocycles. The zero-order valence-electron chi connectivity index (χ0n) is 11.0. The molecule has 0 rings (SSSR count). The molecule has 0 spiro atoms. The lowest BCUT2D eigenvalue weighted by Gasteiger charge is -2.21. The molecule has 2 N–H and O–H groups in total. The first-order valence-corrected chi connectivity index (χ1v) is 5.39. The first-order valence-electron chi connectivity index (χ1n) is 5.39. The fraction of sp³-hybridized carbons (Fsp3) is 0.500. The Balaban J connectivity index is 3.87. The van der Waals surface area contributed by atoms with Crippen molar-refractivity contribution in [2.24, 2.45) is 0 Å². The molecular formula is C12H18O7. The number of carbonyl (C=O) groups excluding carboxylic acids is 2. The molecular weight excluding hydrogens is 256 g/mol. The van der Waals surface area contributed by atoms with Crippen LogP contribution >= 0.6 is 0 Å². The molecule has 0 saturated carbocycles. The fourth-order valence-electron chi connectivity index (χ4n) is 0.787. The van der Waals surface area contributed by atoms with Gasteiger partial charge in [-0.05, 0) is 13.8 Å². The molecule has 0 aliphatic carbocycles. The Morgan fingerprint density at radius 2 is 1.58 bits per heavy atom. The summed E-state index contributed by atoms with van der Waals surface area (Å²) in [6, 6.07) is 0. The molecule has 0 fully saturated rings. The third-order valence-corrected chi connectivity index (χ3v) is 1.70. The van der Waals surface area contributed by atoms with E-state index in [-0.39, 0.29) is 24.4 Å². The normalized spacial score (nSPS) is 10.7. The third-order valence-electron chi connectivity index (χ3n) is 1.70. The molecule has 0 aliphatic heterocycles. The van der Waals surface area contributed by atoms with Gasteiger partial charge >= 0.3 is 17.9 Å². The fourth-order valence-corrected chi connectivity index (χ4v) is 0.787. The van der Waals surface area contributed by atoms with E-state index < -0.39 is 24.5 Å². The second-order valence-electron chi connectivity index (χ2n) is 3.88. The molecule has 19 heavy (non-hydrogen) atoms. The maximum atomic E-state index is 11.0. The summed E-state index contributed by atoms with van der Waals surface area (Å²) in [4.78, 5) is 22.0. The predicted molar refractivity (Wildman–Crippen MR) is 64.7 cm³/mol. The van der Waals surface area contributed by atoms with Crippen LogP contribution in [0.25, 0.3) is 0 Å². The lowest BCUT2D eigenvalue weighted by Crippen LogP contribution is -2.40. The lowest BCUT2D eigenvalue weighted by molar-refractivity contribution is -0.335. The number of hydrogen-bond donors (Lipinski definition) is 2. The quantitative estimate of drug-likeness (QED) is 0.275. The van der Waals surface area contributed by atoms with Gasteiger partial charge in [0.1, 0.15) is 13.2 Å². The molecule has 7 heteroatoms. The summed E-state index contributed by atoms with van der Waals surface area (Å²) in [6.45, 7) is 8.65. The van der Waals surface area contributed by atoms with Crippen LogP contribution < -0.4 is 0 Å². The van der Waals surface area contributed by atoms with Crippen molar-refractivity contribution in [3.8, 4) is 0 Å². The summed E-state index contributed by atoms with van der Waals surface area (Å²) in [5.41, 5.74) is 0.261. The van der Waals surface area contributed by atoms with Crippen molar-refractivity contribution in [1.82, 2.24) is 0 Å². The van der Waals surface area contributed by atoms with Crippen LogP contribution in [0.2, 0.25) is 0 Å². The van der Waals surface area contributed by atoms with E-state index in [4.69, 9.17) is 4.74 Å². The minimum Gasteiger partial charge on any atom is -0.460 e. The molecule has 0 atom stereocenters. The van der Waals surface area contributed by atoms with Gasteiger partial charge in [-0.1, -0.05) is 13.2 Å². The van der Waals surface area contributed by atoms with E-state index in [0.29, 0.717) is 0 Å². The van der Waals surface area contributed by atoms with Gasteiger partial charge in [0, 0.05) is 11.1 Å². The molecule has 0 amide bonds. The second kappa shape index (κ2) is 7.67. The van der Waals surface area contributed by atoms with E-state index >= 15 is 0 Å². The van der Waals surface area contributed by atoms with Crippen molar-refractivity contribution in [2.75, 3.05) is 19.8 Å². The van der Waals surface area contributed by atoms with Gasteiger partial charge in [-0.2, -0.15) is 0 Å². The summed E-state index contributed by atoms with van der Waals surface area (Å²) in [7, 11) is 0. The molecule has 0 radical (unpaired) electrons. The maximum absolute atomic E-state index is 11.0. The zero-order chi connectivity index (χ0) is 15.1. The smallest absolute Gasteiger partial charge is 0.349 e. The largest absolute Gasteiger partial charge is 0.460 e. The van der Waals surface area contributed by atoms with Gasteiger partial charge in [-0.3, -0.25) is 0 Å². The average molecular weight is 274 g/mol. The van der Waals surface area contributed by atoms with E-state index in [1.165, 1.54) is 13.8 Å². The number of hydrogen-bond acceptors (Lipinski definition) is 7. The van der Waals surface area contributed by atoms with Gasteiger partial charge in [0.15, 0.2) is 0 Å². The summed E-state index contributed by atoms with van der Waals surface area (Å²) in [5.74, 6) is -4.28. The molecule has 0 aliphatic rings. The molecule has 7 nitrogen and oxygen atoms in total. The standard InChI is InChI=1S/C12H18O7/c1-8(2)10(13)18-6-5-17-7-12(15,16)19-11(14)9(3)4/h15-16H,1,3,5-7H2,2,4H3. The number of carbonyl (C=O) groups is 2. The SMILES string of the molecule is C=C(C)C(=O)OCCOCC(O)(O)OC(=O)C(=C)C. The Kier molecular flexibility index (Phi) is 6.99. The molecule has 0 aromatic heterocycles. The minimum absolute atomic E-state index is 0.0165. The number of ether oxygens (including phenoxy) is 3. The van der Waals surface area contributed by atoms with Crippen molar-refractivity contribution < 1.29 is 34.0 Å². The monoisotopic (exact) mass is 274 g/mol. The number of aliphatic hydroxyl groups is 2. The van der Waals surface area contributed by atoms with Crippen molar-refractivity contribution in [1.29, 1.82) is 0 Å². The average Bonchev–Trinajstić information content (AvgIpc) is 2.27. The Labute approximate surface area is 111 Å². The van der Waals surface area contributed by atoms with E-state index in [9.17, 15) is 19.8 Å². The Bertz CT molecular complexity index is 370. The summed E-state index contributed by atoms with van der Waals surface area (Å²) >= 11 is 0. The van der Waals surface area contributed by atoms with E-state index in [1.807, 2.05) is 0 Å². The molecule has 108 valence electrons. The molecule has 0 heterocycles. The summed E-state index contributed by atoms with van der Waals surface area (Å²) in [5, 5.41) is 18.5. The van der Waals surface area contributed by atoms with Crippen LogP contribution in [-0.4, -0.2) is 47.9 Å². The highest BCUT2D eigenvalue weighted by molar-refractivity contribution is 5.87. The first kappa shape index (κ1) is 17.3. The topological polar surface area (TPSA) is 102 Å². The summed E-state index contributed by atoms with van der Waals surface area (Å²) < 4.78 is 13.8. The van der Waals surface area contributed by atoms with Crippen LogP contribution in [0.15, 0.2) is 24.3 Å². The highest BCUT2D eigenvalue weighted by Gasteiger charge is 2.29. The maximum Gasteiger partial charge on any atom is 0.349 e. The Morgan fingerprint density at radius 3 is 2.05 bits per heavy atom. The van der Waals surface area contributed by atoms with Crippen LogP contribution in [0.1, 0.15) is 13.8 Å². The molecule has 0 aromatic rings. The lowest BCUT2D eigenvalue weighted by atomic mass is 10.4. The van der Waals surface area contributed by atoms with Gasteiger partial charge in [0.2, 0.25) is 0 Å². The zero-order valence-corrected chi connectivity index (χ0v) is 11.0.